The molecule has 0 aliphatic carbocycles. The summed E-state index contributed by atoms with van der Waals surface area (Å²) in [4.78, 5) is 2.73. The lowest BCUT2D eigenvalue weighted by Crippen LogP contribution is -1.98. The highest BCUT2D eigenvalue weighted by molar-refractivity contribution is 5.86. The van der Waals surface area contributed by atoms with E-state index in [1.165, 1.54) is 6.07 Å². The van der Waals surface area contributed by atoms with E-state index in [-0.39, 0.29) is 11.8 Å². The summed E-state index contributed by atoms with van der Waals surface area (Å²) in [5.41, 5.74) is -0.107. The highest BCUT2D eigenvalue weighted by atomic mass is 19.2. The molecular weight excluding hydrogens is 258 g/mol. The third kappa shape index (κ3) is 1.78. The number of aromatic amines is 1. The lowest BCUT2D eigenvalue weighted by molar-refractivity contribution is 0.458. The standard InChI is InChI=1S/C14H7F4N/c15-8-6-9(16)14(18)12(13(8)17)11-5-7-3-1-2-4-10(7)19-11/h1-6,19H. The molecule has 19 heavy (non-hydrogen) atoms. The minimum Gasteiger partial charge on any atom is -0.354 e. The predicted octanol–water partition coefficient (Wildman–Crippen LogP) is 4.39. The van der Waals surface area contributed by atoms with Crippen molar-refractivity contribution in [2.75, 3.05) is 0 Å². The maximum atomic E-state index is 13.7. The van der Waals surface area contributed by atoms with Gasteiger partial charge >= 0.3 is 0 Å². The van der Waals surface area contributed by atoms with Crippen molar-refractivity contribution in [1.82, 2.24) is 4.98 Å². The first-order valence-electron chi connectivity index (χ1n) is 5.49. The van der Waals surface area contributed by atoms with Gasteiger partial charge in [-0.25, -0.2) is 17.6 Å². The SMILES string of the molecule is Fc1cc(F)c(F)c(-c2cc3ccccc3[nH]2)c1F. The summed E-state index contributed by atoms with van der Waals surface area (Å²) in [6.07, 6.45) is 0. The normalized spacial score (nSPS) is 11.2. The van der Waals surface area contributed by atoms with E-state index in [1.54, 1.807) is 24.3 Å². The molecular formula is C14H7F4N. The van der Waals surface area contributed by atoms with Crippen LogP contribution in [0.15, 0.2) is 36.4 Å². The van der Waals surface area contributed by atoms with Crippen LogP contribution >= 0.6 is 0 Å². The van der Waals surface area contributed by atoms with E-state index < -0.39 is 28.8 Å². The van der Waals surface area contributed by atoms with Gasteiger partial charge in [0.05, 0.1) is 11.3 Å². The maximum absolute atomic E-state index is 13.7. The van der Waals surface area contributed by atoms with Crippen molar-refractivity contribution in [1.29, 1.82) is 0 Å². The monoisotopic (exact) mass is 265 g/mol. The third-order valence-electron chi connectivity index (χ3n) is 2.91. The largest absolute Gasteiger partial charge is 0.354 e. The van der Waals surface area contributed by atoms with Crippen molar-refractivity contribution < 1.29 is 17.6 Å². The van der Waals surface area contributed by atoms with Crippen molar-refractivity contribution >= 4 is 10.9 Å². The summed E-state index contributed by atoms with van der Waals surface area (Å²) in [6.45, 7) is 0. The van der Waals surface area contributed by atoms with E-state index in [4.69, 9.17) is 0 Å². The first kappa shape index (κ1) is 11.8. The average molecular weight is 265 g/mol. The quantitative estimate of drug-likeness (QED) is 0.496. The third-order valence-corrected chi connectivity index (χ3v) is 2.91. The topological polar surface area (TPSA) is 15.8 Å². The van der Waals surface area contributed by atoms with E-state index >= 15 is 0 Å². The maximum Gasteiger partial charge on any atom is 0.171 e. The van der Waals surface area contributed by atoms with Gasteiger partial charge in [-0.1, -0.05) is 18.2 Å². The Hall–Kier alpha value is -2.30. The van der Waals surface area contributed by atoms with Crippen LogP contribution in [-0.4, -0.2) is 4.98 Å². The summed E-state index contributed by atoms with van der Waals surface area (Å²) in [7, 11) is 0. The second kappa shape index (κ2) is 4.12. The number of aromatic nitrogens is 1. The van der Waals surface area contributed by atoms with Crippen LogP contribution in [-0.2, 0) is 0 Å². The van der Waals surface area contributed by atoms with Crippen LogP contribution in [0.4, 0.5) is 17.6 Å². The molecule has 0 radical (unpaired) electrons. The fourth-order valence-corrected chi connectivity index (χ4v) is 2.02. The summed E-state index contributed by atoms with van der Waals surface area (Å²) >= 11 is 0. The first-order valence-corrected chi connectivity index (χ1v) is 5.49. The van der Waals surface area contributed by atoms with Gasteiger partial charge < -0.3 is 4.98 Å². The van der Waals surface area contributed by atoms with Gasteiger partial charge in [0.2, 0.25) is 0 Å². The number of halogens is 4. The molecule has 0 fully saturated rings. The van der Waals surface area contributed by atoms with Crippen LogP contribution in [0.25, 0.3) is 22.2 Å². The Bertz CT molecular complexity index is 717. The summed E-state index contributed by atoms with van der Waals surface area (Å²) in [5, 5.41) is 0.695. The van der Waals surface area contributed by atoms with Crippen molar-refractivity contribution in [3.8, 4) is 11.3 Å². The average Bonchev–Trinajstić information content (AvgIpc) is 2.80. The van der Waals surface area contributed by atoms with Gasteiger partial charge in [-0.2, -0.15) is 0 Å². The zero-order valence-corrected chi connectivity index (χ0v) is 9.48. The van der Waals surface area contributed by atoms with Gasteiger partial charge in [0.15, 0.2) is 23.3 Å². The summed E-state index contributed by atoms with van der Waals surface area (Å²) in [5.74, 6) is -5.67. The molecule has 1 nitrogen and oxygen atoms in total. The lowest BCUT2D eigenvalue weighted by atomic mass is 10.1. The van der Waals surface area contributed by atoms with E-state index in [0.717, 1.165) is 0 Å². The molecule has 0 aliphatic heterocycles. The molecule has 0 amide bonds. The van der Waals surface area contributed by atoms with Crippen molar-refractivity contribution in [3.63, 3.8) is 0 Å². The number of fused-ring (bicyclic) bond motifs is 1. The highest BCUT2D eigenvalue weighted by Crippen LogP contribution is 2.31. The Morgan fingerprint density at radius 1 is 0.789 bits per heavy atom. The summed E-state index contributed by atoms with van der Waals surface area (Å²) < 4.78 is 53.6. The first-order chi connectivity index (χ1) is 9.08. The molecule has 5 heteroatoms. The van der Waals surface area contributed by atoms with Crippen LogP contribution in [0.5, 0.6) is 0 Å². The van der Waals surface area contributed by atoms with Crippen LogP contribution < -0.4 is 0 Å². The number of nitrogens with one attached hydrogen (secondary N) is 1. The zero-order valence-electron chi connectivity index (χ0n) is 9.48. The molecule has 3 rings (SSSR count). The molecule has 0 bridgehead atoms. The van der Waals surface area contributed by atoms with Gasteiger partial charge in [0.1, 0.15) is 0 Å². The number of hydrogen-bond donors (Lipinski definition) is 1. The van der Waals surface area contributed by atoms with Crippen molar-refractivity contribution in [2.45, 2.75) is 0 Å². The number of hydrogen-bond acceptors (Lipinski definition) is 0. The predicted molar refractivity (Wildman–Crippen MR) is 63.6 cm³/mol. The van der Waals surface area contributed by atoms with Crippen LogP contribution in [0.3, 0.4) is 0 Å². The van der Waals surface area contributed by atoms with E-state index in [2.05, 4.69) is 4.98 Å². The summed E-state index contributed by atoms with van der Waals surface area (Å²) in [6, 6.07) is 8.54. The molecule has 0 unspecified atom stereocenters. The molecule has 96 valence electrons. The number of H-pyrrole nitrogens is 1. The van der Waals surface area contributed by atoms with E-state index in [9.17, 15) is 17.6 Å². The Morgan fingerprint density at radius 3 is 2.05 bits per heavy atom. The van der Waals surface area contributed by atoms with Gasteiger partial charge in [0, 0.05) is 17.0 Å². The minimum absolute atomic E-state index is 0.00500. The zero-order chi connectivity index (χ0) is 13.6. The van der Waals surface area contributed by atoms with Crippen LogP contribution in [0.1, 0.15) is 0 Å². The fourth-order valence-electron chi connectivity index (χ4n) is 2.02. The lowest BCUT2D eigenvalue weighted by Gasteiger charge is -2.04. The van der Waals surface area contributed by atoms with Gasteiger partial charge in [-0.15, -0.1) is 0 Å². The number of para-hydroxylation sites is 1. The van der Waals surface area contributed by atoms with Crippen molar-refractivity contribution in [3.05, 3.63) is 59.7 Å². The molecule has 0 saturated carbocycles. The molecule has 1 aromatic heterocycles. The van der Waals surface area contributed by atoms with E-state index in [1.807, 2.05) is 0 Å². The second-order valence-electron chi connectivity index (χ2n) is 4.11. The Morgan fingerprint density at radius 2 is 1.42 bits per heavy atom. The molecule has 1 N–H and O–H groups in total. The van der Waals surface area contributed by atoms with E-state index in [0.29, 0.717) is 10.9 Å². The number of benzene rings is 2. The highest BCUT2D eigenvalue weighted by Gasteiger charge is 2.21. The molecule has 0 spiro atoms. The molecule has 1 heterocycles. The smallest absolute Gasteiger partial charge is 0.171 e. The van der Waals surface area contributed by atoms with Gasteiger partial charge in [-0.3, -0.25) is 0 Å². The van der Waals surface area contributed by atoms with Crippen LogP contribution in [0.2, 0.25) is 0 Å². The van der Waals surface area contributed by atoms with Crippen LogP contribution in [0, 0.1) is 23.3 Å². The Labute approximate surface area is 105 Å². The molecule has 3 aromatic rings. The Kier molecular flexibility index (Phi) is 2.55. The van der Waals surface area contributed by atoms with Gasteiger partial charge in [0.25, 0.3) is 0 Å². The van der Waals surface area contributed by atoms with Gasteiger partial charge in [-0.05, 0) is 12.1 Å². The van der Waals surface area contributed by atoms with Crippen molar-refractivity contribution in [2.24, 2.45) is 0 Å². The molecule has 0 atom stereocenters. The molecule has 0 saturated heterocycles. The fraction of sp³-hybridized carbons (Fsp3) is 0. The second-order valence-corrected chi connectivity index (χ2v) is 4.11. The number of rotatable bonds is 1. The Balaban J connectivity index is 2.32. The minimum atomic E-state index is -1.42. The molecule has 0 aliphatic rings. The molecule has 2 aromatic carbocycles.